The maximum atomic E-state index is 11.7. The summed E-state index contributed by atoms with van der Waals surface area (Å²) in [6, 6.07) is 0.347. The van der Waals surface area contributed by atoms with Crippen LogP contribution in [0, 0.1) is 0 Å². The first-order chi connectivity index (χ1) is 5.90. The number of amidine groups is 1. The number of carbonyl (C=O) groups is 1. The Morgan fingerprint density at radius 2 is 2.00 bits per heavy atom. The number of hydrogen-bond acceptors (Lipinski definition) is 4. The van der Waals surface area contributed by atoms with Crippen molar-refractivity contribution in [1.82, 2.24) is 10.0 Å². The molecule has 0 unspecified atom stereocenters. The Morgan fingerprint density at radius 1 is 1.46 bits per heavy atom. The molecular formula is C8H15N3O2. The summed E-state index contributed by atoms with van der Waals surface area (Å²) >= 11 is 0. The van der Waals surface area contributed by atoms with Crippen LogP contribution in [-0.4, -0.2) is 48.7 Å². The van der Waals surface area contributed by atoms with Crippen molar-refractivity contribution in [2.45, 2.75) is 19.4 Å². The molecule has 0 aliphatic carbocycles. The molecule has 1 aliphatic heterocycles. The molecule has 0 fully saturated rings. The van der Waals surface area contributed by atoms with Crippen LogP contribution in [0.2, 0.25) is 0 Å². The lowest BCUT2D eigenvalue weighted by molar-refractivity contribution is -0.139. The van der Waals surface area contributed by atoms with Gasteiger partial charge in [-0.1, -0.05) is 0 Å². The fraction of sp³-hybridized carbons (Fsp3) is 0.750. The predicted octanol–water partition coefficient (Wildman–Crippen LogP) is 0.0862. The molecule has 5 nitrogen and oxygen atoms in total. The number of carbonyl (C=O) groups excluding carboxylic acids is 1. The molecule has 1 amide bonds. The van der Waals surface area contributed by atoms with Gasteiger partial charge in [-0.05, 0) is 13.8 Å². The largest absolute Gasteiger partial charge is 0.467 e. The van der Waals surface area contributed by atoms with Gasteiger partial charge >= 0.3 is 6.02 Å². The van der Waals surface area contributed by atoms with Crippen LogP contribution in [0.3, 0.4) is 0 Å². The van der Waals surface area contributed by atoms with E-state index in [1.54, 1.807) is 33.0 Å². The summed E-state index contributed by atoms with van der Waals surface area (Å²) in [4.78, 5) is 15.9. The second-order valence-corrected chi connectivity index (χ2v) is 3.62. The lowest BCUT2D eigenvalue weighted by Crippen LogP contribution is -2.47. The third-order valence-electron chi connectivity index (χ3n) is 1.85. The Morgan fingerprint density at radius 3 is 2.31 bits per heavy atom. The summed E-state index contributed by atoms with van der Waals surface area (Å²) in [6.07, 6.45) is 0. The average Bonchev–Trinajstić information content (AvgIpc) is 2.23. The zero-order valence-electron chi connectivity index (χ0n) is 8.66. The van der Waals surface area contributed by atoms with Crippen molar-refractivity contribution in [3.8, 4) is 0 Å². The van der Waals surface area contributed by atoms with E-state index in [2.05, 4.69) is 4.99 Å². The average molecular weight is 185 g/mol. The predicted molar refractivity (Wildman–Crippen MR) is 49.1 cm³/mol. The number of ether oxygens (including phenoxy) is 1. The second kappa shape index (κ2) is 2.99. The van der Waals surface area contributed by atoms with Crippen LogP contribution >= 0.6 is 0 Å². The van der Waals surface area contributed by atoms with Crippen molar-refractivity contribution < 1.29 is 9.53 Å². The standard InChI is InChI=1S/C8H15N3O2/c1-8(2)6(12)11(10(3)4)7(9-8)13-5/h1-5H3. The first-order valence-electron chi connectivity index (χ1n) is 4.06. The Labute approximate surface area is 77.9 Å². The molecule has 0 N–H and O–H groups in total. The highest BCUT2D eigenvalue weighted by atomic mass is 16.5. The van der Waals surface area contributed by atoms with E-state index in [4.69, 9.17) is 4.74 Å². The number of amides is 1. The highest BCUT2D eigenvalue weighted by Crippen LogP contribution is 2.22. The van der Waals surface area contributed by atoms with E-state index in [0.717, 1.165) is 0 Å². The van der Waals surface area contributed by atoms with Crippen LogP contribution in [0.15, 0.2) is 4.99 Å². The Bertz CT molecular complexity index is 258. The van der Waals surface area contributed by atoms with Crippen LogP contribution in [0.25, 0.3) is 0 Å². The monoisotopic (exact) mass is 185 g/mol. The van der Waals surface area contributed by atoms with Crippen molar-refractivity contribution in [3.05, 3.63) is 0 Å². The van der Waals surface area contributed by atoms with Crippen LogP contribution in [0.1, 0.15) is 13.8 Å². The van der Waals surface area contributed by atoms with Gasteiger partial charge in [0.25, 0.3) is 5.91 Å². The van der Waals surface area contributed by atoms with Gasteiger partial charge in [0.2, 0.25) is 0 Å². The van der Waals surface area contributed by atoms with Crippen molar-refractivity contribution >= 4 is 11.9 Å². The van der Waals surface area contributed by atoms with Gasteiger partial charge in [-0.25, -0.2) is 10.0 Å². The first kappa shape index (κ1) is 9.98. The minimum absolute atomic E-state index is 0.0747. The van der Waals surface area contributed by atoms with Gasteiger partial charge in [-0.3, -0.25) is 4.79 Å². The molecule has 74 valence electrons. The smallest absolute Gasteiger partial charge is 0.310 e. The lowest BCUT2D eigenvalue weighted by Gasteiger charge is -2.25. The van der Waals surface area contributed by atoms with Crippen molar-refractivity contribution in [3.63, 3.8) is 0 Å². The molecule has 0 aromatic heterocycles. The van der Waals surface area contributed by atoms with Crippen LogP contribution in [0.4, 0.5) is 0 Å². The Balaban J connectivity index is 3.00. The van der Waals surface area contributed by atoms with Crippen molar-refractivity contribution in [2.24, 2.45) is 4.99 Å². The van der Waals surface area contributed by atoms with Crippen molar-refractivity contribution in [1.29, 1.82) is 0 Å². The third-order valence-corrected chi connectivity index (χ3v) is 1.85. The minimum atomic E-state index is -0.713. The number of nitrogens with zero attached hydrogens (tertiary/aromatic N) is 3. The van der Waals surface area contributed by atoms with Gasteiger partial charge < -0.3 is 4.74 Å². The highest BCUT2D eigenvalue weighted by molar-refractivity contribution is 6.04. The molecule has 5 heteroatoms. The summed E-state index contributed by atoms with van der Waals surface area (Å²) in [6.45, 7) is 3.52. The quantitative estimate of drug-likeness (QED) is 0.581. The van der Waals surface area contributed by atoms with Gasteiger partial charge in [-0.15, -0.1) is 0 Å². The maximum absolute atomic E-state index is 11.7. The molecule has 0 radical (unpaired) electrons. The van der Waals surface area contributed by atoms with Crippen LogP contribution < -0.4 is 0 Å². The van der Waals surface area contributed by atoms with Gasteiger partial charge in [0.05, 0.1) is 7.11 Å². The maximum Gasteiger partial charge on any atom is 0.310 e. The van der Waals surface area contributed by atoms with E-state index in [0.29, 0.717) is 6.02 Å². The molecule has 0 spiro atoms. The van der Waals surface area contributed by atoms with Gasteiger partial charge in [0.1, 0.15) is 5.54 Å². The Hall–Kier alpha value is -1.10. The molecule has 0 aromatic rings. The third kappa shape index (κ3) is 1.51. The summed E-state index contributed by atoms with van der Waals surface area (Å²) in [5, 5.41) is 3.07. The molecule has 13 heavy (non-hydrogen) atoms. The molecule has 0 saturated carbocycles. The molecule has 1 rings (SSSR count). The van der Waals surface area contributed by atoms with Gasteiger partial charge in [0, 0.05) is 14.1 Å². The number of aliphatic imine (C=N–C) groups is 1. The summed E-state index contributed by atoms with van der Waals surface area (Å²) in [5.74, 6) is -0.0747. The van der Waals surface area contributed by atoms with Crippen LogP contribution in [0.5, 0.6) is 0 Å². The lowest BCUT2D eigenvalue weighted by atomic mass is 10.1. The van der Waals surface area contributed by atoms with E-state index in [1.165, 1.54) is 12.1 Å². The summed E-state index contributed by atoms with van der Waals surface area (Å²) in [5.41, 5.74) is -0.713. The molecule has 0 saturated heterocycles. The topological polar surface area (TPSA) is 45.1 Å². The van der Waals surface area contributed by atoms with Gasteiger partial charge in [-0.2, -0.15) is 5.01 Å². The van der Waals surface area contributed by atoms with E-state index in [1.807, 2.05) is 0 Å². The normalized spacial score (nSPS) is 20.9. The molecule has 0 bridgehead atoms. The molecule has 0 atom stereocenters. The fourth-order valence-electron chi connectivity index (χ4n) is 1.17. The Kier molecular flexibility index (Phi) is 2.30. The van der Waals surface area contributed by atoms with E-state index < -0.39 is 5.54 Å². The molecule has 0 aromatic carbocycles. The van der Waals surface area contributed by atoms with E-state index in [9.17, 15) is 4.79 Å². The minimum Gasteiger partial charge on any atom is -0.467 e. The summed E-state index contributed by atoms with van der Waals surface area (Å²) in [7, 11) is 5.05. The number of hydrogen-bond donors (Lipinski definition) is 0. The van der Waals surface area contributed by atoms with E-state index in [-0.39, 0.29) is 5.91 Å². The second-order valence-electron chi connectivity index (χ2n) is 3.62. The molecular weight excluding hydrogens is 170 g/mol. The number of methoxy groups -OCH3 is 1. The van der Waals surface area contributed by atoms with Gasteiger partial charge in [0.15, 0.2) is 0 Å². The zero-order valence-corrected chi connectivity index (χ0v) is 8.66. The molecule has 1 heterocycles. The summed E-state index contributed by atoms with van der Waals surface area (Å²) < 4.78 is 5.00. The van der Waals surface area contributed by atoms with Crippen LogP contribution in [-0.2, 0) is 9.53 Å². The first-order valence-corrected chi connectivity index (χ1v) is 4.06. The molecule has 1 aliphatic rings. The zero-order chi connectivity index (χ0) is 10.2. The number of hydrazine groups is 1. The fourth-order valence-corrected chi connectivity index (χ4v) is 1.17. The van der Waals surface area contributed by atoms with E-state index >= 15 is 0 Å². The highest BCUT2D eigenvalue weighted by Gasteiger charge is 2.43. The van der Waals surface area contributed by atoms with Crippen molar-refractivity contribution in [2.75, 3.05) is 21.2 Å². The number of rotatable bonds is 1. The SMILES string of the molecule is COC1=NC(C)(C)C(=O)N1N(C)C.